The second-order valence-corrected chi connectivity index (χ2v) is 7.07. The Morgan fingerprint density at radius 3 is 2.88 bits per heavy atom. The highest BCUT2D eigenvalue weighted by atomic mass is 32.1. The summed E-state index contributed by atoms with van der Waals surface area (Å²) < 4.78 is 7.43. The standard InChI is InChI=1S/C19H21N3OS/c1-2-5-17(6-3-1)22-13-16(12-20-11-15-8-9-23-14-15)19(21-22)18-7-4-10-24-18/h1-7,10,13,15,20H,8-9,11-12,14H2. The molecule has 1 aliphatic rings. The van der Waals surface area contributed by atoms with Gasteiger partial charge in [0, 0.05) is 31.5 Å². The van der Waals surface area contributed by atoms with Crippen LogP contribution in [-0.4, -0.2) is 29.5 Å². The lowest BCUT2D eigenvalue weighted by atomic mass is 10.1. The van der Waals surface area contributed by atoms with Crippen molar-refractivity contribution in [2.24, 2.45) is 5.92 Å². The Morgan fingerprint density at radius 1 is 1.21 bits per heavy atom. The van der Waals surface area contributed by atoms with E-state index in [0.29, 0.717) is 5.92 Å². The first-order valence-corrected chi connectivity index (χ1v) is 9.24. The molecule has 4 nitrogen and oxygen atoms in total. The maximum atomic E-state index is 5.45. The molecule has 3 heterocycles. The summed E-state index contributed by atoms with van der Waals surface area (Å²) in [4.78, 5) is 1.21. The predicted molar refractivity (Wildman–Crippen MR) is 97.5 cm³/mol. The number of nitrogens with zero attached hydrogens (tertiary/aromatic N) is 2. The highest BCUT2D eigenvalue weighted by molar-refractivity contribution is 7.13. The lowest BCUT2D eigenvalue weighted by molar-refractivity contribution is 0.185. The number of para-hydroxylation sites is 1. The zero-order valence-electron chi connectivity index (χ0n) is 13.5. The Hall–Kier alpha value is -1.95. The largest absolute Gasteiger partial charge is 0.381 e. The Balaban J connectivity index is 1.55. The maximum absolute atomic E-state index is 5.45. The molecule has 1 fully saturated rings. The summed E-state index contributed by atoms with van der Waals surface area (Å²) in [6.45, 7) is 3.61. The fraction of sp³-hybridized carbons (Fsp3) is 0.316. The molecule has 1 aromatic carbocycles. The van der Waals surface area contributed by atoms with Gasteiger partial charge >= 0.3 is 0 Å². The third-order valence-electron chi connectivity index (χ3n) is 4.34. The Morgan fingerprint density at radius 2 is 2.12 bits per heavy atom. The topological polar surface area (TPSA) is 39.1 Å². The predicted octanol–water partition coefficient (Wildman–Crippen LogP) is 3.73. The number of hydrogen-bond donors (Lipinski definition) is 1. The van der Waals surface area contributed by atoms with E-state index in [1.165, 1.54) is 10.4 Å². The zero-order chi connectivity index (χ0) is 16.2. The van der Waals surface area contributed by atoms with Crippen molar-refractivity contribution in [3.63, 3.8) is 0 Å². The van der Waals surface area contributed by atoms with E-state index in [1.54, 1.807) is 11.3 Å². The van der Waals surface area contributed by atoms with Crippen LogP contribution in [-0.2, 0) is 11.3 Å². The quantitative estimate of drug-likeness (QED) is 0.744. The van der Waals surface area contributed by atoms with E-state index in [1.807, 2.05) is 22.9 Å². The van der Waals surface area contributed by atoms with Crippen molar-refractivity contribution in [1.29, 1.82) is 0 Å². The number of benzene rings is 1. The average molecular weight is 339 g/mol. The molecule has 5 heteroatoms. The summed E-state index contributed by atoms with van der Waals surface area (Å²) in [6.07, 6.45) is 3.30. The lowest BCUT2D eigenvalue weighted by Gasteiger charge is -2.08. The van der Waals surface area contributed by atoms with Gasteiger partial charge in [0.15, 0.2) is 0 Å². The zero-order valence-corrected chi connectivity index (χ0v) is 14.3. The van der Waals surface area contributed by atoms with Gasteiger partial charge in [-0.3, -0.25) is 0 Å². The van der Waals surface area contributed by atoms with Gasteiger partial charge in [0.1, 0.15) is 5.69 Å². The molecular formula is C19H21N3OS. The fourth-order valence-electron chi connectivity index (χ4n) is 3.03. The van der Waals surface area contributed by atoms with Gasteiger partial charge < -0.3 is 10.1 Å². The first-order chi connectivity index (χ1) is 11.9. The van der Waals surface area contributed by atoms with Gasteiger partial charge in [-0.05, 0) is 35.9 Å². The Bertz CT molecular complexity index is 761. The molecule has 0 bridgehead atoms. The molecule has 2 aromatic heterocycles. The lowest BCUT2D eigenvalue weighted by Crippen LogP contribution is -2.22. The van der Waals surface area contributed by atoms with Crippen LogP contribution in [0.5, 0.6) is 0 Å². The molecule has 124 valence electrons. The fourth-order valence-corrected chi connectivity index (χ4v) is 3.77. The van der Waals surface area contributed by atoms with Crippen molar-refractivity contribution < 1.29 is 4.74 Å². The van der Waals surface area contributed by atoms with Crippen LogP contribution < -0.4 is 5.32 Å². The molecule has 1 unspecified atom stereocenters. The minimum absolute atomic E-state index is 0.638. The van der Waals surface area contributed by atoms with Crippen LogP contribution in [0.1, 0.15) is 12.0 Å². The number of rotatable bonds is 6. The van der Waals surface area contributed by atoms with Crippen molar-refractivity contribution in [1.82, 2.24) is 15.1 Å². The van der Waals surface area contributed by atoms with E-state index in [-0.39, 0.29) is 0 Å². The van der Waals surface area contributed by atoms with Crippen molar-refractivity contribution in [2.75, 3.05) is 19.8 Å². The van der Waals surface area contributed by atoms with Crippen molar-refractivity contribution >= 4 is 11.3 Å². The summed E-state index contributed by atoms with van der Waals surface area (Å²) >= 11 is 1.73. The summed E-state index contributed by atoms with van der Waals surface area (Å²) in [5, 5.41) is 10.5. The van der Waals surface area contributed by atoms with Gasteiger partial charge in [0.2, 0.25) is 0 Å². The number of nitrogens with one attached hydrogen (secondary N) is 1. The van der Waals surface area contributed by atoms with E-state index in [0.717, 1.165) is 44.1 Å². The van der Waals surface area contributed by atoms with Gasteiger partial charge in [-0.25, -0.2) is 4.68 Å². The molecule has 0 saturated carbocycles. The molecule has 1 aliphatic heterocycles. The number of hydrogen-bond acceptors (Lipinski definition) is 4. The Kier molecular flexibility index (Phi) is 4.74. The van der Waals surface area contributed by atoms with Gasteiger partial charge in [-0.1, -0.05) is 24.3 Å². The third kappa shape index (κ3) is 3.43. The van der Waals surface area contributed by atoms with Gasteiger partial charge in [-0.15, -0.1) is 11.3 Å². The SMILES string of the molecule is c1ccc(-n2cc(CNCC3CCOC3)c(-c3cccs3)n2)cc1. The first-order valence-electron chi connectivity index (χ1n) is 8.36. The molecule has 0 radical (unpaired) electrons. The summed E-state index contributed by atoms with van der Waals surface area (Å²) in [6, 6.07) is 14.5. The van der Waals surface area contributed by atoms with Crippen molar-refractivity contribution in [3.05, 3.63) is 59.6 Å². The first kappa shape index (κ1) is 15.6. The minimum Gasteiger partial charge on any atom is -0.381 e. The molecule has 0 aliphatic carbocycles. The number of ether oxygens (including phenoxy) is 1. The average Bonchev–Trinajstić information content (AvgIpc) is 3.37. The number of aromatic nitrogens is 2. The highest BCUT2D eigenvalue weighted by Crippen LogP contribution is 2.27. The van der Waals surface area contributed by atoms with Gasteiger partial charge in [0.05, 0.1) is 17.2 Å². The second-order valence-electron chi connectivity index (χ2n) is 6.12. The molecule has 0 spiro atoms. The smallest absolute Gasteiger partial charge is 0.107 e. The molecule has 0 amide bonds. The van der Waals surface area contributed by atoms with Crippen LogP contribution in [0.3, 0.4) is 0 Å². The van der Waals surface area contributed by atoms with Crippen molar-refractivity contribution in [3.8, 4) is 16.3 Å². The van der Waals surface area contributed by atoms with Crippen LogP contribution in [0.15, 0.2) is 54.0 Å². The number of thiophene rings is 1. The molecule has 4 rings (SSSR count). The maximum Gasteiger partial charge on any atom is 0.107 e. The second kappa shape index (κ2) is 7.30. The van der Waals surface area contributed by atoms with Gasteiger partial charge in [0.25, 0.3) is 0 Å². The van der Waals surface area contributed by atoms with E-state index in [2.05, 4.69) is 41.2 Å². The Labute approximate surface area is 146 Å². The molecule has 1 atom stereocenters. The molecule has 3 aromatic rings. The molecular weight excluding hydrogens is 318 g/mol. The third-order valence-corrected chi connectivity index (χ3v) is 5.21. The van der Waals surface area contributed by atoms with Crippen LogP contribution in [0.2, 0.25) is 0 Å². The molecule has 24 heavy (non-hydrogen) atoms. The van der Waals surface area contributed by atoms with Crippen molar-refractivity contribution in [2.45, 2.75) is 13.0 Å². The van der Waals surface area contributed by atoms with E-state index in [4.69, 9.17) is 9.84 Å². The minimum atomic E-state index is 0.638. The van der Waals surface area contributed by atoms with Crippen LogP contribution in [0, 0.1) is 5.92 Å². The summed E-state index contributed by atoms with van der Waals surface area (Å²) in [5.74, 6) is 0.638. The van der Waals surface area contributed by atoms with Crippen LogP contribution in [0.25, 0.3) is 16.3 Å². The van der Waals surface area contributed by atoms with Crippen LogP contribution >= 0.6 is 11.3 Å². The highest BCUT2D eigenvalue weighted by Gasteiger charge is 2.17. The monoisotopic (exact) mass is 339 g/mol. The van der Waals surface area contributed by atoms with E-state index >= 15 is 0 Å². The molecule has 1 saturated heterocycles. The van der Waals surface area contributed by atoms with Crippen LogP contribution in [0.4, 0.5) is 0 Å². The van der Waals surface area contributed by atoms with Gasteiger partial charge in [-0.2, -0.15) is 5.10 Å². The van der Waals surface area contributed by atoms with E-state index in [9.17, 15) is 0 Å². The molecule has 1 N–H and O–H groups in total. The normalized spacial score (nSPS) is 17.4. The summed E-state index contributed by atoms with van der Waals surface area (Å²) in [7, 11) is 0. The summed E-state index contributed by atoms with van der Waals surface area (Å²) in [5.41, 5.74) is 3.40. The van der Waals surface area contributed by atoms with E-state index < -0.39 is 0 Å².